The Morgan fingerprint density at radius 3 is 1.87 bits per heavy atom. The van der Waals surface area contributed by atoms with Crippen LogP contribution in [-0.4, -0.2) is 30.1 Å². The molecule has 0 unspecified atom stereocenters. The van der Waals surface area contributed by atoms with E-state index in [1.165, 1.54) is 0 Å². The number of rotatable bonds is 2. The van der Waals surface area contributed by atoms with Gasteiger partial charge in [0, 0.05) is 6.21 Å². The molecule has 0 heterocycles. The van der Waals surface area contributed by atoms with Gasteiger partial charge in [0.2, 0.25) is 0 Å². The van der Waals surface area contributed by atoms with E-state index in [4.69, 9.17) is 0 Å². The van der Waals surface area contributed by atoms with Gasteiger partial charge in [-0.3, -0.25) is 4.99 Å². The van der Waals surface area contributed by atoms with Crippen LogP contribution in [0.1, 0.15) is 5.56 Å². The van der Waals surface area contributed by atoms with Crippen LogP contribution < -0.4 is 0 Å². The van der Waals surface area contributed by atoms with Crippen LogP contribution >= 0.6 is 0 Å². The molecule has 0 aliphatic rings. The second kappa shape index (κ2) is 6.40. The topological polar surface area (TPSA) is 12.4 Å². The molecule has 0 bridgehead atoms. The number of aliphatic imine (C=N–C) groups is 1. The fourth-order valence-electron chi connectivity index (χ4n) is 1.20. The Bertz CT molecular complexity index is 368. The molecule has 0 aromatic heterocycles. The van der Waals surface area contributed by atoms with Gasteiger partial charge in [0.15, 0.2) is 0 Å². The SMILES string of the molecule is C(=N\c1ccccc1)/c1ccccc1.[SnH4]. The summed E-state index contributed by atoms with van der Waals surface area (Å²) < 4.78 is 0. The summed E-state index contributed by atoms with van der Waals surface area (Å²) in [5.74, 6) is 0. The first-order valence-corrected chi connectivity index (χ1v) is 4.59. The third-order valence-corrected chi connectivity index (χ3v) is 1.92. The molecule has 0 saturated carbocycles. The van der Waals surface area contributed by atoms with Crippen molar-refractivity contribution < 1.29 is 0 Å². The predicted molar refractivity (Wildman–Crippen MR) is 71.5 cm³/mol. The predicted octanol–water partition coefficient (Wildman–Crippen LogP) is 1.99. The van der Waals surface area contributed by atoms with Crippen molar-refractivity contribution >= 4 is 35.8 Å². The first kappa shape index (κ1) is 12.0. The molecule has 0 amide bonds. The average molecular weight is 304 g/mol. The fraction of sp³-hybridized carbons (Fsp3) is 0. The van der Waals surface area contributed by atoms with Crippen molar-refractivity contribution in [3.63, 3.8) is 0 Å². The molecule has 2 aromatic rings. The van der Waals surface area contributed by atoms with Crippen molar-refractivity contribution in [2.24, 2.45) is 4.99 Å². The van der Waals surface area contributed by atoms with E-state index in [0.29, 0.717) is 0 Å². The standard InChI is InChI=1S/C13H11N.Sn.4H/c1-3-7-12(8-4-1)11-14-13-9-5-2-6-10-13;;;;;/h1-11H;;;;;/b14-11+;;;;;. The van der Waals surface area contributed by atoms with Gasteiger partial charge in [-0.15, -0.1) is 0 Å². The summed E-state index contributed by atoms with van der Waals surface area (Å²) in [4.78, 5) is 4.35. The summed E-state index contributed by atoms with van der Waals surface area (Å²) in [6.45, 7) is 0. The quantitative estimate of drug-likeness (QED) is 0.594. The van der Waals surface area contributed by atoms with Crippen LogP contribution in [0.5, 0.6) is 0 Å². The number of nitrogens with zero attached hydrogens (tertiary/aromatic N) is 1. The van der Waals surface area contributed by atoms with Crippen LogP contribution in [0.15, 0.2) is 65.7 Å². The van der Waals surface area contributed by atoms with E-state index in [9.17, 15) is 0 Å². The number of hydrogen-bond acceptors (Lipinski definition) is 1. The first-order valence-electron chi connectivity index (χ1n) is 4.59. The Labute approximate surface area is 107 Å². The Kier molecular flexibility index (Phi) is 5.11. The van der Waals surface area contributed by atoms with Gasteiger partial charge >= 0.3 is 23.9 Å². The Morgan fingerprint density at radius 1 is 0.733 bits per heavy atom. The molecule has 15 heavy (non-hydrogen) atoms. The van der Waals surface area contributed by atoms with Crippen LogP contribution in [0.25, 0.3) is 0 Å². The van der Waals surface area contributed by atoms with E-state index < -0.39 is 0 Å². The molecule has 0 radical (unpaired) electrons. The average Bonchev–Trinajstić information content (AvgIpc) is 2.29. The second-order valence-electron chi connectivity index (χ2n) is 3.00. The second-order valence-corrected chi connectivity index (χ2v) is 3.00. The Morgan fingerprint density at radius 2 is 1.27 bits per heavy atom. The fourth-order valence-corrected chi connectivity index (χ4v) is 1.20. The van der Waals surface area contributed by atoms with Gasteiger partial charge in [-0.2, -0.15) is 0 Å². The zero-order valence-corrected chi connectivity index (χ0v) is 7.80. The molecular weight excluding hydrogens is 289 g/mol. The van der Waals surface area contributed by atoms with Crippen molar-refractivity contribution in [2.75, 3.05) is 0 Å². The molecule has 2 rings (SSSR count). The Hall–Kier alpha value is -1.09. The van der Waals surface area contributed by atoms with E-state index in [-0.39, 0.29) is 23.9 Å². The third kappa shape index (κ3) is 3.88. The molecule has 0 spiro atoms. The molecular formula is C13H15NSn. The van der Waals surface area contributed by atoms with E-state index in [2.05, 4.69) is 4.99 Å². The zero-order valence-electron chi connectivity index (χ0n) is 7.80. The van der Waals surface area contributed by atoms with E-state index in [1.54, 1.807) is 0 Å². The van der Waals surface area contributed by atoms with Crippen molar-refractivity contribution in [3.05, 3.63) is 66.2 Å². The summed E-state index contributed by atoms with van der Waals surface area (Å²) in [6, 6.07) is 20.0. The first-order chi connectivity index (χ1) is 6.95. The maximum atomic E-state index is 4.35. The third-order valence-electron chi connectivity index (χ3n) is 1.92. The summed E-state index contributed by atoms with van der Waals surface area (Å²) in [6.07, 6.45) is 1.87. The molecule has 2 aromatic carbocycles. The van der Waals surface area contributed by atoms with Gasteiger partial charge in [-0.25, -0.2) is 0 Å². The molecule has 0 saturated heterocycles. The molecule has 0 N–H and O–H groups in total. The van der Waals surface area contributed by atoms with Gasteiger partial charge in [-0.05, 0) is 17.7 Å². The maximum absolute atomic E-state index is 4.35. The van der Waals surface area contributed by atoms with Crippen LogP contribution in [0, 0.1) is 0 Å². The summed E-state index contributed by atoms with van der Waals surface area (Å²) >= 11 is 0. The number of para-hydroxylation sites is 1. The van der Waals surface area contributed by atoms with Crippen LogP contribution in [0.3, 0.4) is 0 Å². The van der Waals surface area contributed by atoms with E-state index in [0.717, 1.165) is 11.3 Å². The summed E-state index contributed by atoms with van der Waals surface area (Å²) in [5, 5.41) is 0. The normalized spacial score (nSPS) is 9.87. The molecule has 0 fully saturated rings. The van der Waals surface area contributed by atoms with Gasteiger partial charge < -0.3 is 0 Å². The van der Waals surface area contributed by atoms with Gasteiger partial charge in [0.05, 0.1) is 5.69 Å². The molecule has 0 aliphatic heterocycles. The number of hydrogen-bond donors (Lipinski definition) is 0. The minimum atomic E-state index is 0. The molecule has 2 heteroatoms. The van der Waals surface area contributed by atoms with Crippen LogP contribution in [0.2, 0.25) is 0 Å². The summed E-state index contributed by atoms with van der Waals surface area (Å²) in [5.41, 5.74) is 2.10. The van der Waals surface area contributed by atoms with Gasteiger partial charge in [0.25, 0.3) is 0 Å². The molecule has 76 valence electrons. The van der Waals surface area contributed by atoms with Crippen molar-refractivity contribution in [2.45, 2.75) is 0 Å². The zero-order chi connectivity index (χ0) is 9.64. The van der Waals surface area contributed by atoms with Gasteiger partial charge in [0.1, 0.15) is 0 Å². The van der Waals surface area contributed by atoms with Crippen molar-refractivity contribution in [3.8, 4) is 0 Å². The van der Waals surface area contributed by atoms with Crippen molar-refractivity contribution in [1.82, 2.24) is 0 Å². The van der Waals surface area contributed by atoms with Crippen molar-refractivity contribution in [1.29, 1.82) is 0 Å². The van der Waals surface area contributed by atoms with E-state index >= 15 is 0 Å². The summed E-state index contributed by atoms with van der Waals surface area (Å²) in [7, 11) is 0. The minimum absolute atomic E-state index is 0. The molecule has 0 aliphatic carbocycles. The number of benzene rings is 2. The van der Waals surface area contributed by atoms with E-state index in [1.807, 2.05) is 66.9 Å². The van der Waals surface area contributed by atoms with Crippen LogP contribution in [-0.2, 0) is 0 Å². The van der Waals surface area contributed by atoms with Gasteiger partial charge in [-0.1, -0.05) is 48.5 Å². The van der Waals surface area contributed by atoms with Crippen LogP contribution in [0.4, 0.5) is 5.69 Å². The Balaban J connectivity index is 0.00000112. The molecule has 0 atom stereocenters. The monoisotopic (exact) mass is 305 g/mol. The molecule has 1 nitrogen and oxygen atoms in total.